The minimum Gasteiger partial charge on any atom is -0.348 e. The Hall–Kier alpha value is -1.45. The predicted octanol–water partition coefficient (Wildman–Crippen LogP) is 5.09. The van der Waals surface area contributed by atoms with Crippen molar-refractivity contribution in [2.75, 3.05) is 0 Å². The molecule has 0 heterocycles. The van der Waals surface area contributed by atoms with Gasteiger partial charge >= 0.3 is 0 Å². The van der Waals surface area contributed by atoms with Crippen LogP contribution in [0.15, 0.2) is 59.5 Å². The lowest BCUT2D eigenvalue weighted by Gasteiger charge is -2.20. The molecule has 2 aromatic rings. The minimum absolute atomic E-state index is 0.0515. The van der Waals surface area contributed by atoms with Gasteiger partial charge in [-0.05, 0) is 43.2 Å². The van der Waals surface area contributed by atoms with Crippen LogP contribution in [0.1, 0.15) is 31.9 Å². The molecule has 0 radical (unpaired) electrons. The van der Waals surface area contributed by atoms with Crippen molar-refractivity contribution in [3.8, 4) is 0 Å². The van der Waals surface area contributed by atoms with Gasteiger partial charge in [0, 0.05) is 9.92 Å². The van der Waals surface area contributed by atoms with Crippen LogP contribution in [-0.4, -0.2) is 11.2 Å². The fourth-order valence-corrected chi connectivity index (χ4v) is 3.17. The van der Waals surface area contributed by atoms with Crippen molar-refractivity contribution in [2.45, 2.75) is 36.5 Å². The molecule has 0 aliphatic rings. The second-order valence-electron chi connectivity index (χ2n) is 5.09. The van der Waals surface area contributed by atoms with Gasteiger partial charge < -0.3 is 5.32 Å². The highest BCUT2D eigenvalue weighted by Gasteiger charge is 2.18. The normalized spacial score (nSPS) is 13.4. The van der Waals surface area contributed by atoms with Crippen molar-refractivity contribution in [2.24, 2.45) is 0 Å². The van der Waals surface area contributed by atoms with E-state index in [1.807, 2.05) is 61.5 Å². The Morgan fingerprint density at radius 3 is 2.36 bits per heavy atom. The van der Waals surface area contributed by atoms with E-state index in [-0.39, 0.29) is 17.2 Å². The first kappa shape index (κ1) is 16.9. The van der Waals surface area contributed by atoms with Gasteiger partial charge in [-0.1, -0.05) is 48.9 Å². The fourth-order valence-electron chi connectivity index (χ4n) is 2.17. The Morgan fingerprint density at radius 2 is 1.77 bits per heavy atom. The molecular weight excluding hydrogens is 314 g/mol. The van der Waals surface area contributed by atoms with Gasteiger partial charge in [-0.15, -0.1) is 11.8 Å². The van der Waals surface area contributed by atoms with E-state index in [4.69, 9.17) is 11.6 Å². The van der Waals surface area contributed by atoms with Crippen LogP contribution >= 0.6 is 23.4 Å². The van der Waals surface area contributed by atoms with Crippen LogP contribution in [0.25, 0.3) is 0 Å². The molecule has 0 saturated carbocycles. The average Bonchev–Trinajstić information content (AvgIpc) is 2.55. The van der Waals surface area contributed by atoms with Crippen LogP contribution in [0.5, 0.6) is 0 Å². The topological polar surface area (TPSA) is 29.1 Å². The largest absolute Gasteiger partial charge is 0.348 e. The summed E-state index contributed by atoms with van der Waals surface area (Å²) < 4.78 is 0. The molecule has 0 bridgehead atoms. The number of hydrogen-bond acceptors (Lipinski definition) is 2. The molecule has 0 aromatic heterocycles. The maximum Gasteiger partial charge on any atom is 0.233 e. The van der Waals surface area contributed by atoms with Crippen molar-refractivity contribution < 1.29 is 4.79 Å². The van der Waals surface area contributed by atoms with Gasteiger partial charge in [-0.2, -0.15) is 0 Å². The monoisotopic (exact) mass is 333 g/mol. The van der Waals surface area contributed by atoms with Crippen molar-refractivity contribution in [3.05, 3.63) is 65.2 Å². The summed E-state index contributed by atoms with van der Waals surface area (Å²) in [4.78, 5) is 13.4. The highest BCUT2D eigenvalue weighted by molar-refractivity contribution is 8.00. The first-order valence-corrected chi connectivity index (χ1v) is 8.63. The SMILES string of the molecule is CC[C@H](NC(=O)[C@@H](C)Sc1ccc(Cl)cc1)c1ccccc1. The number of amides is 1. The summed E-state index contributed by atoms with van der Waals surface area (Å²) in [5.74, 6) is 0.0515. The van der Waals surface area contributed by atoms with Gasteiger partial charge in [0.2, 0.25) is 5.91 Å². The van der Waals surface area contributed by atoms with Gasteiger partial charge in [0.15, 0.2) is 0 Å². The molecule has 2 nitrogen and oxygen atoms in total. The summed E-state index contributed by atoms with van der Waals surface area (Å²) in [6.45, 7) is 4.00. The number of nitrogens with one attached hydrogen (secondary N) is 1. The summed E-state index contributed by atoms with van der Waals surface area (Å²) in [5, 5.41) is 3.68. The van der Waals surface area contributed by atoms with Gasteiger partial charge in [-0.25, -0.2) is 0 Å². The van der Waals surface area contributed by atoms with Crippen LogP contribution in [0, 0.1) is 0 Å². The highest BCUT2D eigenvalue weighted by atomic mass is 35.5. The molecule has 0 aliphatic carbocycles. The third kappa shape index (κ3) is 4.79. The smallest absolute Gasteiger partial charge is 0.233 e. The molecule has 1 amide bonds. The lowest BCUT2D eigenvalue weighted by molar-refractivity contribution is -0.121. The van der Waals surface area contributed by atoms with Gasteiger partial charge in [-0.3, -0.25) is 4.79 Å². The second-order valence-corrected chi connectivity index (χ2v) is 6.94. The maximum absolute atomic E-state index is 12.4. The molecule has 0 spiro atoms. The Kier molecular flexibility index (Phi) is 6.34. The Morgan fingerprint density at radius 1 is 1.14 bits per heavy atom. The molecular formula is C18H20ClNOS. The molecule has 0 saturated heterocycles. The lowest BCUT2D eigenvalue weighted by atomic mass is 10.0. The van der Waals surface area contributed by atoms with Crippen molar-refractivity contribution >= 4 is 29.3 Å². The third-order valence-corrected chi connectivity index (χ3v) is 4.79. The Labute approximate surface area is 141 Å². The molecule has 2 atom stereocenters. The van der Waals surface area contributed by atoms with Crippen molar-refractivity contribution in [3.63, 3.8) is 0 Å². The highest BCUT2D eigenvalue weighted by Crippen LogP contribution is 2.25. The van der Waals surface area contributed by atoms with Crippen LogP contribution in [-0.2, 0) is 4.79 Å². The first-order chi connectivity index (χ1) is 10.6. The molecule has 116 valence electrons. The van der Waals surface area contributed by atoms with Gasteiger partial charge in [0.1, 0.15) is 0 Å². The number of hydrogen-bond donors (Lipinski definition) is 1. The average molecular weight is 334 g/mol. The van der Waals surface area contributed by atoms with Crippen LogP contribution in [0.4, 0.5) is 0 Å². The Bertz CT molecular complexity index is 600. The standard InChI is InChI=1S/C18H20ClNOS/c1-3-17(14-7-5-4-6-8-14)20-18(21)13(2)22-16-11-9-15(19)10-12-16/h4-13,17H,3H2,1-2H3,(H,20,21)/t13-,17+/m1/s1. The van der Waals surface area contributed by atoms with Crippen LogP contribution < -0.4 is 5.32 Å². The molecule has 4 heteroatoms. The van der Waals surface area contributed by atoms with E-state index < -0.39 is 0 Å². The molecule has 2 aromatic carbocycles. The molecule has 1 N–H and O–H groups in total. The zero-order valence-corrected chi connectivity index (χ0v) is 14.3. The van der Waals surface area contributed by atoms with Gasteiger partial charge in [0.25, 0.3) is 0 Å². The summed E-state index contributed by atoms with van der Waals surface area (Å²) >= 11 is 7.42. The van der Waals surface area contributed by atoms with Crippen molar-refractivity contribution in [1.82, 2.24) is 5.32 Å². The van der Waals surface area contributed by atoms with Gasteiger partial charge in [0.05, 0.1) is 11.3 Å². The fraction of sp³-hybridized carbons (Fsp3) is 0.278. The third-order valence-electron chi connectivity index (χ3n) is 3.42. The zero-order chi connectivity index (χ0) is 15.9. The number of carbonyl (C=O) groups excluding carboxylic acids is 1. The Balaban J connectivity index is 1.96. The van der Waals surface area contributed by atoms with E-state index in [1.54, 1.807) is 0 Å². The van der Waals surface area contributed by atoms with E-state index in [2.05, 4.69) is 12.2 Å². The van der Waals surface area contributed by atoms with E-state index in [0.717, 1.165) is 16.9 Å². The number of halogens is 1. The number of rotatable bonds is 6. The molecule has 0 fully saturated rings. The number of benzene rings is 2. The summed E-state index contributed by atoms with van der Waals surface area (Å²) in [5.41, 5.74) is 1.14. The molecule has 0 unspecified atom stereocenters. The quantitative estimate of drug-likeness (QED) is 0.746. The summed E-state index contributed by atoms with van der Waals surface area (Å²) in [7, 11) is 0. The first-order valence-electron chi connectivity index (χ1n) is 7.37. The molecule has 0 aliphatic heterocycles. The van der Waals surface area contributed by atoms with Crippen LogP contribution in [0.3, 0.4) is 0 Å². The van der Waals surface area contributed by atoms with E-state index >= 15 is 0 Å². The van der Waals surface area contributed by atoms with E-state index in [0.29, 0.717) is 5.02 Å². The minimum atomic E-state index is -0.154. The van der Waals surface area contributed by atoms with Crippen molar-refractivity contribution in [1.29, 1.82) is 0 Å². The van der Waals surface area contributed by atoms with Crippen LogP contribution in [0.2, 0.25) is 5.02 Å². The number of carbonyl (C=O) groups is 1. The van der Waals surface area contributed by atoms with E-state index in [9.17, 15) is 4.79 Å². The maximum atomic E-state index is 12.4. The lowest BCUT2D eigenvalue weighted by Crippen LogP contribution is -2.34. The summed E-state index contributed by atoms with van der Waals surface area (Å²) in [6.07, 6.45) is 0.869. The number of thioether (sulfide) groups is 1. The molecule has 2 rings (SSSR count). The molecule has 22 heavy (non-hydrogen) atoms. The predicted molar refractivity (Wildman–Crippen MR) is 94.4 cm³/mol. The van der Waals surface area contributed by atoms with E-state index in [1.165, 1.54) is 11.8 Å². The summed E-state index contributed by atoms with van der Waals surface area (Å²) in [6, 6.07) is 17.7. The second kappa shape index (κ2) is 8.25. The zero-order valence-electron chi connectivity index (χ0n) is 12.8.